The van der Waals surface area contributed by atoms with Crippen molar-refractivity contribution in [2.45, 2.75) is 50.8 Å². The van der Waals surface area contributed by atoms with Gasteiger partial charge < -0.3 is 9.47 Å². The first-order valence-corrected chi connectivity index (χ1v) is 11.2. The van der Waals surface area contributed by atoms with Crippen LogP contribution in [0.1, 0.15) is 46.0 Å². The topological polar surface area (TPSA) is 35.5 Å². The van der Waals surface area contributed by atoms with E-state index in [1.165, 1.54) is 12.8 Å². The Labute approximate surface area is 173 Å². The lowest BCUT2D eigenvalue weighted by Crippen LogP contribution is -2.14. The molecule has 0 aromatic heterocycles. The maximum Gasteiger partial charge on any atom is 0.306 e. The molecule has 0 heterocycles. The van der Waals surface area contributed by atoms with E-state index in [1.807, 2.05) is 30.3 Å². The van der Waals surface area contributed by atoms with Crippen molar-refractivity contribution in [1.82, 2.24) is 0 Å². The zero-order valence-corrected chi connectivity index (χ0v) is 18.1. The van der Waals surface area contributed by atoms with E-state index < -0.39 is 0 Å². The lowest BCUT2D eigenvalue weighted by atomic mass is 10.0. The summed E-state index contributed by atoms with van der Waals surface area (Å²) in [5.41, 5.74) is 2.27. The van der Waals surface area contributed by atoms with Crippen LogP contribution in [0.3, 0.4) is 0 Å². The number of unbranched alkanes of at least 4 members (excludes halogenated alkanes) is 1. The zero-order valence-electron chi connectivity index (χ0n) is 17.3. The fourth-order valence-corrected chi connectivity index (χ4v) is 3.92. The van der Waals surface area contributed by atoms with E-state index in [4.69, 9.17) is 9.47 Å². The zero-order chi connectivity index (χ0) is 20.2. The Morgan fingerprint density at radius 1 is 1.07 bits per heavy atom. The van der Waals surface area contributed by atoms with Crippen LogP contribution in [-0.4, -0.2) is 25.4 Å². The Bertz CT molecular complexity index is 715. The minimum Gasteiger partial charge on any atom is -0.497 e. The highest BCUT2D eigenvalue weighted by atomic mass is 32.2. The number of methoxy groups -OCH3 is 1. The van der Waals surface area contributed by atoms with Gasteiger partial charge in [0.2, 0.25) is 0 Å². The van der Waals surface area contributed by atoms with Crippen molar-refractivity contribution < 1.29 is 14.3 Å². The second-order valence-corrected chi connectivity index (χ2v) is 8.13. The summed E-state index contributed by atoms with van der Waals surface area (Å²) < 4.78 is 10.9. The van der Waals surface area contributed by atoms with Crippen LogP contribution in [0.5, 0.6) is 5.75 Å². The predicted molar refractivity (Wildman–Crippen MR) is 118 cm³/mol. The highest BCUT2D eigenvalue weighted by Gasteiger charge is 2.11. The second-order valence-electron chi connectivity index (χ2n) is 6.96. The summed E-state index contributed by atoms with van der Waals surface area (Å²) in [7, 11) is 1.68. The first-order valence-electron chi connectivity index (χ1n) is 10.2. The summed E-state index contributed by atoms with van der Waals surface area (Å²) >= 11 is 1.66. The SMILES string of the molecule is CCCCC(CC)COC(=O)CCSc1cc(OC)cc(-c2ccccc2)c1. The van der Waals surface area contributed by atoms with Crippen molar-refractivity contribution >= 4 is 17.7 Å². The number of hydrogen-bond donors (Lipinski definition) is 0. The van der Waals surface area contributed by atoms with Crippen LogP contribution < -0.4 is 4.74 Å². The molecular formula is C24H32O3S. The molecule has 1 atom stereocenters. The summed E-state index contributed by atoms with van der Waals surface area (Å²) in [6.07, 6.45) is 5.01. The summed E-state index contributed by atoms with van der Waals surface area (Å²) in [6.45, 7) is 4.91. The summed E-state index contributed by atoms with van der Waals surface area (Å²) in [6, 6.07) is 16.4. The lowest BCUT2D eigenvalue weighted by molar-refractivity contribution is -0.144. The minimum atomic E-state index is -0.103. The molecule has 0 spiro atoms. The van der Waals surface area contributed by atoms with Crippen LogP contribution in [0.15, 0.2) is 53.4 Å². The molecule has 0 radical (unpaired) electrons. The van der Waals surface area contributed by atoms with E-state index in [9.17, 15) is 4.79 Å². The molecule has 2 rings (SSSR count). The highest BCUT2D eigenvalue weighted by Crippen LogP contribution is 2.31. The fourth-order valence-electron chi connectivity index (χ4n) is 3.00. The van der Waals surface area contributed by atoms with Crippen LogP contribution in [0.25, 0.3) is 11.1 Å². The number of hydrogen-bond acceptors (Lipinski definition) is 4. The average molecular weight is 401 g/mol. The highest BCUT2D eigenvalue weighted by molar-refractivity contribution is 7.99. The first kappa shape index (κ1) is 22.4. The molecule has 152 valence electrons. The number of esters is 1. The Hall–Kier alpha value is -1.94. The van der Waals surface area contributed by atoms with Gasteiger partial charge in [0.05, 0.1) is 20.1 Å². The number of carbonyl (C=O) groups excluding carboxylic acids is 1. The van der Waals surface area contributed by atoms with Crippen molar-refractivity contribution in [1.29, 1.82) is 0 Å². The van der Waals surface area contributed by atoms with Gasteiger partial charge in [-0.15, -0.1) is 11.8 Å². The molecule has 1 unspecified atom stereocenters. The Morgan fingerprint density at radius 2 is 1.86 bits per heavy atom. The number of rotatable bonds is 12. The summed E-state index contributed by atoms with van der Waals surface area (Å²) in [4.78, 5) is 13.2. The van der Waals surface area contributed by atoms with Gasteiger partial charge in [-0.25, -0.2) is 0 Å². The molecule has 0 saturated heterocycles. The largest absolute Gasteiger partial charge is 0.497 e. The molecule has 2 aromatic rings. The van der Waals surface area contributed by atoms with Gasteiger partial charge in [-0.1, -0.05) is 63.4 Å². The van der Waals surface area contributed by atoms with Crippen molar-refractivity contribution in [3.63, 3.8) is 0 Å². The summed E-state index contributed by atoms with van der Waals surface area (Å²) in [5.74, 6) is 1.91. The molecule has 0 aliphatic heterocycles. The third-order valence-electron chi connectivity index (χ3n) is 4.82. The number of thioether (sulfide) groups is 1. The standard InChI is InChI=1S/C24H32O3S/c1-4-6-10-19(5-2)18-27-24(25)13-14-28-23-16-21(15-22(17-23)26-3)20-11-8-7-9-12-20/h7-9,11-12,15-17,19H,4-6,10,13-14,18H2,1-3H3. The molecule has 4 heteroatoms. The van der Waals surface area contributed by atoms with Crippen LogP contribution in [0.2, 0.25) is 0 Å². The Morgan fingerprint density at radius 3 is 2.54 bits per heavy atom. The molecule has 0 amide bonds. The predicted octanol–water partition coefficient (Wildman–Crippen LogP) is 6.60. The van der Waals surface area contributed by atoms with Crippen LogP contribution in [0, 0.1) is 5.92 Å². The summed E-state index contributed by atoms with van der Waals surface area (Å²) in [5, 5.41) is 0. The lowest BCUT2D eigenvalue weighted by Gasteiger charge is -2.14. The molecule has 0 aliphatic rings. The molecule has 0 bridgehead atoms. The van der Waals surface area contributed by atoms with E-state index >= 15 is 0 Å². The van der Waals surface area contributed by atoms with Gasteiger partial charge in [-0.3, -0.25) is 4.79 Å². The van der Waals surface area contributed by atoms with Crippen LogP contribution >= 0.6 is 11.8 Å². The maximum atomic E-state index is 12.1. The van der Waals surface area contributed by atoms with Gasteiger partial charge in [0.15, 0.2) is 0 Å². The number of ether oxygens (including phenoxy) is 2. The van der Waals surface area contributed by atoms with Crippen molar-refractivity contribution in [2.75, 3.05) is 19.5 Å². The monoisotopic (exact) mass is 400 g/mol. The van der Waals surface area contributed by atoms with E-state index in [1.54, 1.807) is 18.9 Å². The van der Waals surface area contributed by atoms with Gasteiger partial charge in [-0.2, -0.15) is 0 Å². The van der Waals surface area contributed by atoms with E-state index in [-0.39, 0.29) is 5.97 Å². The number of carbonyl (C=O) groups is 1. The second kappa shape index (κ2) is 12.5. The van der Waals surface area contributed by atoms with Gasteiger partial charge in [-0.05, 0) is 41.7 Å². The van der Waals surface area contributed by atoms with Crippen molar-refractivity contribution in [3.05, 3.63) is 48.5 Å². The van der Waals surface area contributed by atoms with E-state index in [0.29, 0.717) is 24.7 Å². The Kier molecular flexibility index (Phi) is 9.98. The third-order valence-corrected chi connectivity index (χ3v) is 5.80. The van der Waals surface area contributed by atoms with Crippen LogP contribution in [0.4, 0.5) is 0 Å². The Balaban J connectivity index is 1.86. The molecule has 0 aliphatic carbocycles. The van der Waals surface area contributed by atoms with Crippen molar-refractivity contribution in [2.24, 2.45) is 5.92 Å². The first-order chi connectivity index (χ1) is 13.7. The van der Waals surface area contributed by atoms with E-state index in [2.05, 4.69) is 32.0 Å². The maximum absolute atomic E-state index is 12.1. The molecule has 28 heavy (non-hydrogen) atoms. The molecule has 0 N–H and O–H groups in total. The quantitative estimate of drug-likeness (QED) is 0.297. The average Bonchev–Trinajstić information content (AvgIpc) is 2.74. The molecule has 2 aromatic carbocycles. The van der Waals surface area contributed by atoms with Crippen molar-refractivity contribution in [3.8, 4) is 16.9 Å². The molecule has 3 nitrogen and oxygen atoms in total. The third kappa shape index (κ3) is 7.59. The van der Waals surface area contributed by atoms with Gasteiger partial charge in [0.25, 0.3) is 0 Å². The molecular weight excluding hydrogens is 368 g/mol. The fraction of sp³-hybridized carbons (Fsp3) is 0.458. The number of benzene rings is 2. The smallest absolute Gasteiger partial charge is 0.306 e. The normalized spacial score (nSPS) is 11.8. The molecule has 0 saturated carbocycles. The van der Waals surface area contributed by atoms with Crippen LogP contribution in [-0.2, 0) is 9.53 Å². The van der Waals surface area contributed by atoms with Gasteiger partial charge >= 0.3 is 5.97 Å². The van der Waals surface area contributed by atoms with Gasteiger partial charge in [0.1, 0.15) is 5.75 Å². The van der Waals surface area contributed by atoms with E-state index in [0.717, 1.165) is 34.6 Å². The minimum absolute atomic E-state index is 0.103. The van der Waals surface area contributed by atoms with Gasteiger partial charge in [0, 0.05) is 10.6 Å². The molecule has 0 fully saturated rings.